The minimum Gasteiger partial charge on any atom is -0.456 e. The average molecular weight is 480 g/mol. The van der Waals surface area contributed by atoms with E-state index >= 15 is 0 Å². The van der Waals surface area contributed by atoms with E-state index in [1.165, 1.54) is 5.56 Å². The van der Waals surface area contributed by atoms with Crippen molar-refractivity contribution in [1.29, 1.82) is 0 Å². The number of hydrogen-bond acceptors (Lipinski definition) is 5. The van der Waals surface area contributed by atoms with E-state index < -0.39 is 30.7 Å². The molecule has 1 saturated heterocycles. The third kappa shape index (κ3) is 4.88. The van der Waals surface area contributed by atoms with E-state index in [1.54, 1.807) is 0 Å². The Morgan fingerprint density at radius 2 is 1.89 bits per heavy atom. The molecule has 0 bridgehead atoms. The third-order valence-corrected chi connectivity index (χ3v) is 7.49. The highest BCUT2D eigenvalue weighted by molar-refractivity contribution is 6.09. The summed E-state index contributed by atoms with van der Waals surface area (Å²) in [5.74, 6) is -1.46. The summed E-state index contributed by atoms with van der Waals surface area (Å²) in [5.41, 5.74) is 2.57. The first-order chi connectivity index (χ1) is 16.7. The summed E-state index contributed by atoms with van der Waals surface area (Å²) in [5, 5.41) is 2.82. The minimum absolute atomic E-state index is 0.00689. The Kier molecular flexibility index (Phi) is 7.10. The number of carbonyl (C=O) groups excluding carboxylic acids is 4. The second-order valence-corrected chi connectivity index (χ2v) is 9.70. The monoisotopic (exact) mass is 479 g/mol. The zero-order valence-electron chi connectivity index (χ0n) is 20.6. The van der Waals surface area contributed by atoms with Crippen molar-refractivity contribution < 1.29 is 23.9 Å². The fourth-order valence-electron chi connectivity index (χ4n) is 5.35. The van der Waals surface area contributed by atoms with Crippen LogP contribution in [-0.4, -0.2) is 51.8 Å². The lowest BCUT2D eigenvalue weighted by Crippen LogP contribution is -2.54. The SMILES string of the molecule is Cc1cc(C(=O)COC(=O)CN2C(=O)N[C@]3(CCCC[C@H]3C)C2=O)c(C)n1CCc1ccccc1. The van der Waals surface area contributed by atoms with E-state index in [2.05, 4.69) is 22.0 Å². The summed E-state index contributed by atoms with van der Waals surface area (Å²) in [6, 6.07) is 11.4. The Balaban J connectivity index is 1.33. The molecule has 2 fully saturated rings. The topological polar surface area (TPSA) is 97.7 Å². The first kappa shape index (κ1) is 24.7. The first-order valence-electron chi connectivity index (χ1n) is 12.3. The van der Waals surface area contributed by atoms with E-state index in [4.69, 9.17) is 4.74 Å². The summed E-state index contributed by atoms with van der Waals surface area (Å²) < 4.78 is 7.26. The lowest BCUT2D eigenvalue weighted by atomic mass is 9.73. The molecule has 1 N–H and O–H groups in total. The number of benzene rings is 1. The molecule has 3 amide bonds. The van der Waals surface area contributed by atoms with Crippen molar-refractivity contribution in [3.05, 3.63) is 58.9 Å². The van der Waals surface area contributed by atoms with E-state index in [0.29, 0.717) is 12.0 Å². The van der Waals surface area contributed by atoms with Gasteiger partial charge in [-0.1, -0.05) is 50.1 Å². The molecule has 2 aliphatic rings. The predicted octanol–water partition coefficient (Wildman–Crippen LogP) is 3.57. The van der Waals surface area contributed by atoms with Crippen molar-refractivity contribution >= 4 is 23.7 Å². The second kappa shape index (κ2) is 10.1. The number of ketones is 1. The predicted molar refractivity (Wildman–Crippen MR) is 130 cm³/mol. The maximum absolute atomic E-state index is 13.0. The van der Waals surface area contributed by atoms with Crippen molar-refractivity contribution in [1.82, 2.24) is 14.8 Å². The molecule has 0 radical (unpaired) electrons. The van der Waals surface area contributed by atoms with Gasteiger partial charge in [-0.3, -0.25) is 19.3 Å². The highest BCUT2D eigenvalue weighted by Gasteiger charge is 2.55. The lowest BCUT2D eigenvalue weighted by Gasteiger charge is -2.36. The van der Waals surface area contributed by atoms with Crippen LogP contribution in [0.2, 0.25) is 0 Å². The average Bonchev–Trinajstić information content (AvgIpc) is 3.26. The van der Waals surface area contributed by atoms with Crippen LogP contribution in [-0.2, 0) is 27.3 Å². The van der Waals surface area contributed by atoms with Gasteiger partial charge < -0.3 is 14.6 Å². The van der Waals surface area contributed by atoms with Crippen LogP contribution in [0.15, 0.2) is 36.4 Å². The zero-order valence-corrected chi connectivity index (χ0v) is 20.6. The molecule has 186 valence electrons. The molecule has 1 aromatic heterocycles. The first-order valence-corrected chi connectivity index (χ1v) is 12.3. The lowest BCUT2D eigenvalue weighted by molar-refractivity contribution is -0.147. The number of carbonyl (C=O) groups is 4. The van der Waals surface area contributed by atoms with E-state index in [1.807, 2.05) is 45.0 Å². The number of amides is 3. The fraction of sp³-hybridized carbons (Fsp3) is 0.481. The maximum atomic E-state index is 13.0. The van der Waals surface area contributed by atoms with Crippen LogP contribution in [0.1, 0.15) is 59.9 Å². The molecule has 35 heavy (non-hydrogen) atoms. The number of esters is 1. The summed E-state index contributed by atoms with van der Waals surface area (Å²) in [6.07, 6.45) is 4.13. The third-order valence-electron chi connectivity index (χ3n) is 7.49. The Labute approximate surface area is 205 Å². The standard InChI is InChI=1S/C27H33N3O5/c1-18-9-7-8-13-27(18)25(33)30(26(34)28-27)16-24(32)35-17-23(31)22-15-19(2)29(20(22)3)14-12-21-10-5-4-6-11-21/h4-6,10-11,15,18H,7-9,12-14,16-17H2,1-3H3,(H,28,34)/t18-,27+/m1/s1. The van der Waals surface area contributed by atoms with E-state index in [-0.39, 0.29) is 17.6 Å². The Hall–Kier alpha value is -3.42. The molecular weight excluding hydrogens is 446 g/mol. The van der Waals surface area contributed by atoms with Gasteiger partial charge in [0.15, 0.2) is 6.61 Å². The number of nitrogens with one attached hydrogen (secondary N) is 1. The van der Waals surface area contributed by atoms with Gasteiger partial charge in [0, 0.05) is 23.5 Å². The number of aryl methyl sites for hydroxylation is 2. The minimum atomic E-state index is -0.928. The zero-order chi connectivity index (χ0) is 25.2. The van der Waals surface area contributed by atoms with Crippen molar-refractivity contribution in [2.75, 3.05) is 13.2 Å². The van der Waals surface area contributed by atoms with Crippen molar-refractivity contribution in [2.45, 2.75) is 65.0 Å². The van der Waals surface area contributed by atoms with Gasteiger partial charge in [-0.2, -0.15) is 0 Å². The maximum Gasteiger partial charge on any atom is 0.326 e. The van der Waals surface area contributed by atoms with Crippen LogP contribution in [0.4, 0.5) is 4.79 Å². The molecule has 1 spiro atoms. The number of hydrogen-bond donors (Lipinski definition) is 1. The molecule has 8 heteroatoms. The van der Waals surface area contributed by atoms with Crippen LogP contribution >= 0.6 is 0 Å². The summed E-state index contributed by atoms with van der Waals surface area (Å²) in [7, 11) is 0. The molecular formula is C27H33N3O5. The summed E-state index contributed by atoms with van der Waals surface area (Å²) >= 11 is 0. The van der Waals surface area contributed by atoms with Crippen LogP contribution in [0.3, 0.4) is 0 Å². The Morgan fingerprint density at radius 1 is 1.14 bits per heavy atom. The van der Waals surface area contributed by atoms with Gasteiger partial charge in [-0.15, -0.1) is 0 Å². The van der Waals surface area contributed by atoms with Crippen LogP contribution in [0.5, 0.6) is 0 Å². The molecule has 0 unspecified atom stereocenters. The summed E-state index contributed by atoms with van der Waals surface area (Å²) in [4.78, 5) is 51.6. The fourth-order valence-corrected chi connectivity index (χ4v) is 5.35. The number of nitrogens with zero attached hydrogens (tertiary/aromatic N) is 2. The van der Waals surface area contributed by atoms with Gasteiger partial charge in [0.1, 0.15) is 12.1 Å². The molecule has 2 atom stereocenters. The molecule has 1 aliphatic heterocycles. The normalized spacial score (nSPS) is 21.9. The van der Waals surface area contributed by atoms with Crippen LogP contribution < -0.4 is 5.32 Å². The van der Waals surface area contributed by atoms with Crippen LogP contribution in [0.25, 0.3) is 0 Å². The van der Waals surface area contributed by atoms with Gasteiger partial charge >= 0.3 is 12.0 Å². The molecule has 2 heterocycles. The molecule has 1 aromatic carbocycles. The number of ether oxygens (including phenoxy) is 1. The largest absolute Gasteiger partial charge is 0.456 e. The Bertz CT molecular complexity index is 1140. The Morgan fingerprint density at radius 3 is 2.60 bits per heavy atom. The number of Topliss-reactive ketones (excluding diaryl/α,β-unsaturated/α-hetero) is 1. The van der Waals surface area contributed by atoms with Gasteiger partial charge in [-0.05, 0) is 50.7 Å². The van der Waals surface area contributed by atoms with Crippen molar-refractivity contribution in [3.63, 3.8) is 0 Å². The smallest absolute Gasteiger partial charge is 0.326 e. The number of aromatic nitrogens is 1. The molecule has 2 aromatic rings. The number of urea groups is 1. The van der Waals surface area contributed by atoms with E-state index in [9.17, 15) is 19.2 Å². The van der Waals surface area contributed by atoms with Gasteiger partial charge in [0.2, 0.25) is 5.78 Å². The number of rotatable bonds is 8. The molecule has 1 saturated carbocycles. The molecule has 4 rings (SSSR count). The quantitative estimate of drug-likeness (QED) is 0.355. The van der Waals surface area contributed by atoms with Crippen molar-refractivity contribution in [2.24, 2.45) is 5.92 Å². The van der Waals surface area contributed by atoms with Crippen molar-refractivity contribution in [3.8, 4) is 0 Å². The summed E-state index contributed by atoms with van der Waals surface area (Å²) in [6.45, 7) is 5.58. The highest BCUT2D eigenvalue weighted by Crippen LogP contribution is 2.38. The number of imide groups is 1. The highest BCUT2D eigenvalue weighted by atomic mass is 16.5. The molecule has 1 aliphatic carbocycles. The van der Waals surface area contributed by atoms with E-state index in [0.717, 1.165) is 48.5 Å². The second-order valence-electron chi connectivity index (χ2n) is 9.70. The molecule has 8 nitrogen and oxygen atoms in total. The van der Waals surface area contributed by atoms with Crippen LogP contribution in [0, 0.1) is 19.8 Å². The van der Waals surface area contributed by atoms with Gasteiger partial charge in [0.05, 0.1) is 0 Å². The van der Waals surface area contributed by atoms with Gasteiger partial charge in [0.25, 0.3) is 5.91 Å². The van der Waals surface area contributed by atoms with Gasteiger partial charge in [-0.25, -0.2) is 4.79 Å².